The smallest absolute Gasteiger partial charge is 0.251 e. The van der Waals surface area contributed by atoms with E-state index in [4.69, 9.17) is 5.11 Å². The van der Waals surface area contributed by atoms with Crippen molar-refractivity contribution in [2.24, 2.45) is 0 Å². The Kier molecular flexibility index (Phi) is 3.44. The molecule has 3 N–H and O–H groups in total. The number of β-amino-alcohol motifs (C(OH)–C–C–N with tert-alkyl or cyclic N) is 1. The minimum absolute atomic E-state index is 0.257. The van der Waals surface area contributed by atoms with Crippen LogP contribution in [-0.2, 0) is 0 Å². The molecule has 1 atom stereocenters. The van der Waals surface area contributed by atoms with Crippen LogP contribution in [0.4, 0.5) is 8.78 Å². The Morgan fingerprint density at radius 2 is 2.00 bits per heavy atom. The van der Waals surface area contributed by atoms with Gasteiger partial charge in [-0.2, -0.15) is 0 Å². The van der Waals surface area contributed by atoms with Gasteiger partial charge in [-0.15, -0.1) is 0 Å². The lowest BCUT2D eigenvalue weighted by atomic mass is 9.74. The number of alkyl halides is 2. The van der Waals surface area contributed by atoms with Gasteiger partial charge in [-0.1, -0.05) is 6.92 Å². The van der Waals surface area contributed by atoms with E-state index in [1.54, 1.807) is 0 Å². The summed E-state index contributed by atoms with van der Waals surface area (Å²) < 4.78 is 25.2. The van der Waals surface area contributed by atoms with Crippen molar-refractivity contribution >= 4 is 0 Å². The number of rotatable bonds is 5. The van der Waals surface area contributed by atoms with E-state index in [1.807, 2.05) is 6.92 Å². The standard InChI is InChI=1S/C9H17F2NO2/c1-2-7(14)3-12-8(6-13)4-9(10,11)5-8/h7,12-14H,2-6H2,1H3. The molecule has 0 aliphatic heterocycles. The zero-order valence-corrected chi connectivity index (χ0v) is 8.26. The first-order valence-electron chi connectivity index (χ1n) is 4.85. The minimum Gasteiger partial charge on any atom is -0.394 e. The van der Waals surface area contributed by atoms with Crippen molar-refractivity contribution in [2.45, 2.75) is 43.8 Å². The van der Waals surface area contributed by atoms with Crippen LogP contribution in [0.2, 0.25) is 0 Å². The van der Waals surface area contributed by atoms with Gasteiger partial charge in [0.25, 0.3) is 5.92 Å². The molecule has 0 bridgehead atoms. The molecule has 0 radical (unpaired) electrons. The van der Waals surface area contributed by atoms with Crippen LogP contribution in [-0.4, -0.2) is 40.9 Å². The Morgan fingerprint density at radius 1 is 1.43 bits per heavy atom. The van der Waals surface area contributed by atoms with Crippen molar-refractivity contribution in [1.82, 2.24) is 5.32 Å². The summed E-state index contributed by atoms with van der Waals surface area (Å²) in [5.74, 6) is -2.66. The second kappa shape index (κ2) is 4.08. The normalized spacial score (nSPS) is 25.5. The molecular weight excluding hydrogens is 192 g/mol. The van der Waals surface area contributed by atoms with Crippen LogP contribution in [0.3, 0.4) is 0 Å². The van der Waals surface area contributed by atoms with Crippen LogP contribution in [0.15, 0.2) is 0 Å². The molecule has 1 saturated carbocycles. The first-order chi connectivity index (χ1) is 6.43. The predicted octanol–water partition coefficient (Wildman–Crippen LogP) is 0.507. The summed E-state index contributed by atoms with van der Waals surface area (Å²) in [5, 5.41) is 21.0. The molecular formula is C9H17F2NO2. The van der Waals surface area contributed by atoms with Gasteiger partial charge >= 0.3 is 0 Å². The van der Waals surface area contributed by atoms with Gasteiger partial charge < -0.3 is 15.5 Å². The van der Waals surface area contributed by atoms with Gasteiger partial charge in [-0.25, -0.2) is 8.78 Å². The monoisotopic (exact) mass is 209 g/mol. The predicted molar refractivity (Wildman–Crippen MR) is 48.3 cm³/mol. The largest absolute Gasteiger partial charge is 0.394 e. The fourth-order valence-corrected chi connectivity index (χ4v) is 1.71. The van der Waals surface area contributed by atoms with Crippen LogP contribution >= 0.6 is 0 Å². The first kappa shape index (κ1) is 11.8. The molecule has 1 aliphatic rings. The molecule has 3 nitrogen and oxygen atoms in total. The maximum Gasteiger partial charge on any atom is 0.251 e. The highest BCUT2D eigenvalue weighted by Crippen LogP contribution is 2.45. The van der Waals surface area contributed by atoms with E-state index in [0.717, 1.165) is 0 Å². The van der Waals surface area contributed by atoms with E-state index in [0.29, 0.717) is 6.42 Å². The third kappa shape index (κ3) is 2.62. The lowest BCUT2D eigenvalue weighted by Crippen LogP contribution is -2.64. The zero-order valence-electron chi connectivity index (χ0n) is 8.26. The molecule has 0 saturated heterocycles. The molecule has 1 fully saturated rings. The second-order valence-corrected chi connectivity index (χ2v) is 4.09. The summed E-state index contributed by atoms with van der Waals surface area (Å²) in [7, 11) is 0. The summed E-state index contributed by atoms with van der Waals surface area (Å²) >= 11 is 0. The van der Waals surface area contributed by atoms with E-state index in [9.17, 15) is 13.9 Å². The molecule has 1 aliphatic carbocycles. The van der Waals surface area contributed by atoms with E-state index < -0.39 is 17.6 Å². The zero-order chi connectivity index (χ0) is 10.8. The molecule has 5 heteroatoms. The maximum absolute atomic E-state index is 12.6. The van der Waals surface area contributed by atoms with E-state index in [1.165, 1.54) is 0 Å². The fraction of sp³-hybridized carbons (Fsp3) is 1.00. The Balaban J connectivity index is 2.34. The maximum atomic E-state index is 12.6. The third-order valence-electron chi connectivity index (χ3n) is 2.68. The highest BCUT2D eigenvalue weighted by molar-refractivity contribution is 5.05. The van der Waals surface area contributed by atoms with Crippen LogP contribution in [0.5, 0.6) is 0 Å². The highest BCUT2D eigenvalue weighted by atomic mass is 19.3. The summed E-state index contributed by atoms with van der Waals surface area (Å²) in [6.45, 7) is 1.76. The molecule has 1 unspecified atom stereocenters. The van der Waals surface area contributed by atoms with Crippen LogP contribution in [0, 0.1) is 0 Å². The van der Waals surface area contributed by atoms with Gasteiger partial charge in [0.1, 0.15) is 0 Å². The second-order valence-electron chi connectivity index (χ2n) is 4.09. The lowest BCUT2D eigenvalue weighted by molar-refractivity contribution is -0.148. The molecule has 0 aromatic carbocycles. The Bertz CT molecular complexity index is 191. The average Bonchev–Trinajstić information content (AvgIpc) is 2.10. The topological polar surface area (TPSA) is 52.5 Å². The summed E-state index contributed by atoms with van der Waals surface area (Å²) in [5.41, 5.74) is -0.875. The van der Waals surface area contributed by atoms with Crippen molar-refractivity contribution in [2.75, 3.05) is 13.2 Å². The first-order valence-corrected chi connectivity index (χ1v) is 4.85. The van der Waals surface area contributed by atoms with Gasteiger partial charge in [-0.05, 0) is 6.42 Å². The van der Waals surface area contributed by atoms with E-state index >= 15 is 0 Å². The van der Waals surface area contributed by atoms with Crippen molar-refractivity contribution in [1.29, 1.82) is 0 Å². The molecule has 0 heterocycles. The highest BCUT2D eigenvalue weighted by Gasteiger charge is 2.56. The summed E-state index contributed by atoms with van der Waals surface area (Å²) in [4.78, 5) is 0. The van der Waals surface area contributed by atoms with Crippen LogP contribution in [0.1, 0.15) is 26.2 Å². The Morgan fingerprint density at radius 3 is 2.36 bits per heavy atom. The van der Waals surface area contributed by atoms with Crippen molar-refractivity contribution < 1.29 is 19.0 Å². The van der Waals surface area contributed by atoms with E-state index in [-0.39, 0.29) is 26.0 Å². The van der Waals surface area contributed by atoms with Gasteiger partial charge in [0.2, 0.25) is 0 Å². The number of hydrogen-bond acceptors (Lipinski definition) is 3. The van der Waals surface area contributed by atoms with Crippen LogP contribution in [0.25, 0.3) is 0 Å². The number of halogens is 2. The Labute approximate surface area is 82.1 Å². The molecule has 0 aromatic heterocycles. The van der Waals surface area contributed by atoms with Crippen molar-refractivity contribution in [3.63, 3.8) is 0 Å². The molecule has 0 aromatic rings. The number of nitrogens with one attached hydrogen (secondary N) is 1. The molecule has 84 valence electrons. The SMILES string of the molecule is CCC(O)CNC1(CO)CC(F)(F)C1. The molecule has 0 amide bonds. The fourth-order valence-electron chi connectivity index (χ4n) is 1.71. The van der Waals surface area contributed by atoms with Gasteiger partial charge in [0.05, 0.1) is 18.2 Å². The van der Waals surface area contributed by atoms with Gasteiger partial charge in [-0.3, -0.25) is 0 Å². The molecule has 0 spiro atoms. The number of hydrogen-bond donors (Lipinski definition) is 3. The molecule has 14 heavy (non-hydrogen) atoms. The number of aliphatic hydroxyl groups is 2. The summed E-state index contributed by atoms with van der Waals surface area (Å²) in [6.07, 6.45) is -0.641. The van der Waals surface area contributed by atoms with Gasteiger partial charge in [0, 0.05) is 19.4 Å². The van der Waals surface area contributed by atoms with Gasteiger partial charge in [0.15, 0.2) is 0 Å². The van der Waals surface area contributed by atoms with Crippen molar-refractivity contribution in [3.05, 3.63) is 0 Å². The Hall–Kier alpha value is -0.260. The lowest BCUT2D eigenvalue weighted by Gasteiger charge is -2.47. The number of aliphatic hydroxyl groups excluding tert-OH is 2. The third-order valence-corrected chi connectivity index (χ3v) is 2.68. The quantitative estimate of drug-likeness (QED) is 0.618. The van der Waals surface area contributed by atoms with Crippen LogP contribution < -0.4 is 5.32 Å². The van der Waals surface area contributed by atoms with Crippen molar-refractivity contribution in [3.8, 4) is 0 Å². The van der Waals surface area contributed by atoms with E-state index in [2.05, 4.69) is 5.32 Å². The average molecular weight is 209 g/mol. The minimum atomic E-state index is -2.66. The molecule has 1 rings (SSSR count). The summed E-state index contributed by atoms with van der Waals surface area (Å²) in [6, 6.07) is 0.